The average molecular weight is 626 g/mol. The number of ether oxygens (including phenoxy) is 1. The molecule has 10 nitrogen and oxygen atoms in total. The molecule has 46 heavy (non-hydrogen) atoms. The quantitative estimate of drug-likeness (QED) is 0.192. The van der Waals surface area contributed by atoms with E-state index in [0.29, 0.717) is 75.5 Å². The Hall–Kier alpha value is -5.20. The molecule has 1 saturated carbocycles. The van der Waals surface area contributed by atoms with Gasteiger partial charge in [-0.2, -0.15) is 10.5 Å². The van der Waals surface area contributed by atoms with Gasteiger partial charge in [0.15, 0.2) is 0 Å². The fourth-order valence-electron chi connectivity index (χ4n) is 5.41. The maximum Gasteiger partial charge on any atom is 0.262 e. The first-order valence-corrected chi connectivity index (χ1v) is 14.9. The monoisotopic (exact) mass is 625 g/mol. The molecule has 0 amide bonds. The summed E-state index contributed by atoms with van der Waals surface area (Å²) in [7, 11) is 1.53. The molecular weight excluding hydrogens is 588 g/mol. The van der Waals surface area contributed by atoms with Crippen molar-refractivity contribution in [2.75, 3.05) is 24.3 Å². The molecule has 3 aromatic rings. The van der Waals surface area contributed by atoms with Crippen molar-refractivity contribution in [3.05, 3.63) is 77.4 Å². The van der Waals surface area contributed by atoms with E-state index >= 15 is 0 Å². The van der Waals surface area contributed by atoms with E-state index in [0.717, 1.165) is 5.56 Å². The highest BCUT2D eigenvalue weighted by molar-refractivity contribution is 5.99. The predicted molar refractivity (Wildman–Crippen MR) is 175 cm³/mol. The molecule has 0 bridgehead atoms. The maximum absolute atomic E-state index is 14.0. The molecule has 0 radical (unpaired) electrons. The molecule has 1 aliphatic heterocycles. The Labute approximate surface area is 267 Å². The molecule has 2 aliphatic rings. The second-order valence-corrected chi connectivity index (χ2v) is 12.6. The minimum Gasteiger partial charge on any atom is -0.481 e. The van der Waals surface area contributed by atoms with Crippen molar-refractivity contribution >= 4 is 33.9 Å². The number of hydrogen-bond acceptors (Lipinski definition) is 10. The minimum atomic E-state index is -2.54. The van der Waals surface area contributed by atoms with Gasteiger partial charge in [0.25, 0.3) is 6.43 Å². The zero-order chi connectivity index (χ0) is 33.2. The van der Waals surface area contributed by atoms with Crippen molar-refractivity contribution in [3.8, 4) is 18.0 Å². The second kappa shape index (κ2) is 12.7. The molecular formula is C34H37F2N9O. The summed E-state index contributed by atoms with van der Waals surface area (Å²) < 4.78 is 33.6. The topological polar surface area (TPSA) is 134 Å². The zero-order valence-corrected chi connectivity index (χ0v) is 26.5. The first-order valence-electron chi connectivity index (χ1n) is 14.9. The van der Waals surface area contributed by atoms with E-state index < -0.39 is 18.0 Å². The van der Waals surface area contributed by atoms with Crippen LogP contribution in [0.5, 0.6) is 5.88 Å². The highest BCUT2D eigenvalue weighted by atomic mass is 19.3. The first-order chi connectivity index (χ1) is 22.0. The Morgan fingerprint density at radius 1 is 1.22 bits per heavy atom. The largest absolute Gasteiger partial charge is 0.481 e. The molecule has 12 heteroatoms. The summed E-state index contributed by atoms with van der Waals surface area (Å²) in [6.45, 7) is 13.1. The average Bonchev–Trinajstić information content (AvgIpc) is 3.71. The SMILES string of the molecule is C=C(c1ccnc(OC)c1/C=C\C)[C@H](Nc1cc(C#N)c2ncc(C#N)c(NCC(C)(C)C)c2c1)C1=CN(C2(C(F)F)CC2)NN1. The number of halogens is 2. The molecule has 1 aromatic carbocycles. The van der Waals surface area contributed by atoms with Gasteiger partial charge in [-0.1, -0.05) is 39.5 Å². The van der Waals surface area contributed by atoms with Gasteiger partial charge in [0.2, 0.25) is 5.88 Å². The number of aromatic nitrogens is 2. The Bertz CT molecular complexity index is 1810. The summed E-state index contributed by atoms with van der Waals surface area (Å²) in [5.41, 5.74) is 9.35. The van der Waals surface area contributed by atoms with Crippen LogP contribution in [0.3, 0.4) is 0 Å². The van der Waals surface area contributed by atoms with E-state index in [-0.39, 0.29) is 5.41 Å². The molecule has 1 atom stereocenters. The minimum absolute atomic E-state index is 0.0913. The van der Waals surface area contributed by atoms with E-state index in [1.54, 1.807) is 18.5 Å². The van der Waals surface area contributed by atoms with Crippen LogP contribution in [0.1, 0.15) is 62.8 Å². The van der Waals surface area contributed by atoms with Crippen molar-refractivity contribution in [1.82, 2.24) is 25.9 Å². The van der Waals surface area contributed by atoms with Gasteiger partial charge in [0, 0.05) is 41.8 Å². The molecule has 4 N–H and O–H groups in total. The number of nitriles is 2. The number of hydrazine groups is 2. The zero-order valence-electron chi connectivity index (χ0n) is 26.5. The van der Waals surface area contributed by atoms with Crippen molar-refractivity contribution in [3.63, 3.8) is 0 Å². The van der Waals surface area contributed by atoms with Crippen LogP contribution in [0, 0.1) is 28.1 Å². The summed E-state index contributed by atoms with van der Waals surface area (Å²) in [6, 6.07) is 9.08. The highest BCUT2D eigenvalue weighted by Crippen LogP contribution is 2.47. The number of alkyl halides is 2. The van der Waals surface area contributed by atoms with Crippen LogP contribution in [0.2, 0.25) is 0 Å². The van der Waals surface area contributed by atoms with Crippen LogP contribution < -0.4 is 26.3 Å². The Kier molecular flexibility index (Phi) is 8.86. The molecule has 5 rings (SSSR count). The Balaban J connectivity index is 1.64. The van der Waals surface area contributed by atoms with Gasteiger partial charge in [-0.05, 0) is 54.5 Å². The number of hydrogen-bond donors (Lipinski definition) is 4. The molecule has 0 unspecified atom stereocenters. The van der Waals surface area contributed by atoms with E-state index in [9.17, 15) is 19.3 Å². The predicted octanol–water partition coefficient (Wildman–Crippen LogP) is 6.33. The lowest BCUT2D eigenvalue weighted by molar-refractivity contribution is 0.00912. The first kappa shape index (κ1) is 32.2. The van der Waals surface area contributed by atoms with Crippen molar-refractivity contribution in [2.45, 2.75) is 58.5 Å². The number of methoxy groups -OCH3 is 1. The number of rotatable bonds is 11. The van der Waals surface area contributed by atoms with Crippen molar-refractivity contribution in [2.24, 2.45) is 5.41 Å². The fraction of sp³-hybridized carbons (Fsp3) is 0.353. The molecule has 1 aliphatic carbocycles. The summed E-state index contributed by atoms with van der Waals surface area (Å²) in [5.74, 6) is 0.403. The third-order valence-electron chi connectivity index (χ3n) is 8.04. The summed E-state index contributed by atoms with van der Waals surface area (Å²) >= 11 is 0. The van der Waals surface area contributed by atoms with Crippen molar-refractivity contribution < 1.29 is 13.5 Å². The Morgan fingerprint density at radius 2 is 1.96 bits per heavy atom. The molecule has 0 saturated heterocycles. The standard InChI is InChI=1S/C34H37F2N9O/c1-7-8-25-24(9-12-39-31(25)46-6)20(2)28(27-18-45(44-43-27)34(10-11-34)32(35)36)42-23-13-21(15-37)29-26(14-23)30(22(16-38)17-40-29)41-19-33(3,4)5/h7-9,12-14,17-18,28,32,42-44H,2,10-11,19H2,1,3-6H3,(H,40,41)/b8-7-/t28-/m0/s1. The molecule has 238 valence electrons. The normalized spacial score (nSPS) is 16.0. The lowest BCUT2D eigenvalue weighted by Gasteiger charge is -2.26. The van der Waals surface area contributed by atoms with Gasteiger partial charge in [-0.25, -0.2) is 13.8 Å². The number of nitrogens with one attached hydrogen (secondary N) is 4. The van der Waals surface area contributed by atoms with E-state index in [2.05, 4.69) is 71.1 Å². The maximum atomic E-state index is 14.0. The van der Waals surface area contributed by atoms with Crippen LogP contribution >= 0.6 is 0 Å². The number of benzene rings is 1. The van der Waals surface area contributed by atoms with Crippen LogP contribution in [0.4, 0.5) is 20.2 Å². The number of fused-ring (bicyclic) bond motifs is 1. The lowest BCUT2D eigenvalue weighted by Crippen LogP contribution is -2.48. The van der Waals surface area contributed by atoms with Gasteiger partial charge in [-0.15, -0.1) is 5.53 Å². The van der Waals surface area contributed by atoms with Crippen LogP contribution in [0.25, 0.3) is 22.6 Å². The third kappa shape index (κ3) is 6.17. The van der Waals surface area contributed by atoms with Crippen LogP contribution in [-0.2, 0) is 0 Å². The fourth-order valence-corrected chi connectivity index (χ4v) is 5.41. The Morgan fingerprint density at radius 3 is 2.57 bits per heavy atom. The molecule has 3 heterocycles. The number of pyridine rings is 2. The van der Waals surface area contributed by atoms with Crippen LogP contribution in [-0.4, -0.2) is 46.6 Å². The molecule has 1 fully saturated rings. The van der Waals surface area contributed by atoms with Crippen molar-refractivity contribution in [1.29, 1.82) is 10.5 Å². The lowest BCUT2D eigenvalue weighted by atomic mass is 9.93. The highest BCUT2D eigenvalue weighted by Gasteiger charge is 2.56. The molecule has 2 aromatic heterocycles. The van der Waals surface area contributed by atoms with Gasteiger partial charge in [0.05, 0.1) is 41.2 Å². The van der Waals surface area contributed by atoms with E-state index in [1.807, 2.05) is 31.2 Å². The molecule has 0 spiro atoms. The van der Waals surface area contributed by atoms with E-state index in [1.165, 1.54) is 18.3 Å². The summed E-state index contributed by atoms with van der Waals surface area (Å²) in [5, 5.41) is 29.0. The summed E-state index contributed by atoms with van der Waals surface area (Å²) in [4.78, 5) is 8.79. The van der Waals surface area contributed by atoms with Gasteiger partial charge >= 0.3 is 0 Å². The number of anilines is 2. The smallest absolute Gasteiger partial charge is 0.262 e. The van der Waals surface area contributed by atoms with Gasteiger partial charge < -0.3 is 20.8 Å². The second-order valence-electron chi connectivity index (χ2n) is 12.6. The van der Waals surface area contributed by atoms with Gasteiger partial charge in [-0.3, -0.25) is 9.99 Å². The van der Waals surface area contributed by atoms with Crippen LogP contribution in [0.15, 0.2) is 55.1 Å². The number of allylic oxidation sites excluding steroid dienone is 1. The van der Waals surface area contributed by atoms with E-state index in [4.69, 9.17) is 4.74 Å². The summed E-state index contributed by atoms with van der Waals surface area (Å²) in [6.07, 6.45) is 6.61. The van der Waals surface area contributed by atoms with Gasteiger partial charge in [0.1, 0.15) is 17.7 Å². The third-order valence-corrected chi connectivity index (χ3v) is 8.04. The number of nitrogens with zero attached hydrogens (tertiary/aromatic N) is 5.